The summed E-state index contributed by atoms with van der Waals surface area (Å²) in [7, 11) is 0. The lowest BCUT2D eigenvalue weighted by Gasteiger charge is -2.03. The van der Waals surface area contributed by atoms with E-state index in [9.17, 15) is 9.59 Å². The lowest BCUT2D eigenvalue weighted by Crippen LogP contribution is -2.12. The molecule has 0 aromatic heterocycles. The van der Waals surface area contributed by atoms with Crippen molar-refractivity contribution in [1.29, 1.82) is 0 Å². The van der Waals surface area contributed by atoms with Crippen molar-refractivity contribution in [3.8, 4) is 0 Å². The topological polar surface area (TPSA) is 43.4 Å². The number of hydrogen-bond donors (Lipinski definition) is 0. The highest BCUT2D eigenvalue weighted by Gasteiger charge is 2.57. The zero-order chi connectivity index (χ0) is 10.8. The molecule has 3 nitrogen and oxygen atoms in total. The molecule has 0 amide bonds. The van der Waals surface area contributed by atoms with Gasteiger partial charge in [-0.3, -0.25) is 4.79 Å². The van der Waals surface area contributed by atoms with Crippen LogP contribution in [0.1, 0.15) is 26.2 Å². The second kappa shape index (κ2) is 4.49. The third-order valence-corrected chi connectivity index (χ3v) is 2.86. The zero-order valence-corrected chi connectivity index (χ0v) is 9.40. The number of esters is 1. The normalized spacial score (nSPS) is 22.9. The number of ether oxygens (including phenoxy) is 1. The van der Waals surface area contributed by atoms with Crippen LogP contribution in [0.4, 0.5) is 0 Å². The van der Waals surface area contributed by atoms with Gasteiger partial charge in [-0.05, 0) is 19.8 Å². The van der Waals surface area contributed by atoms with E-state index in [1.807, 2.05) is 0 Å². The lowest BCUT2D eigenvalue weighted by molar-refractivity contribution is -0.145. The summed E-state index contributed by atoms with van der Waals surface area (Å²) in [6.45, 7) is 1.77. The zero-order valence-electron chi connectivity index (χ0n) is 7.89. The second-order valence-corrected chi connectivity index (χ2v) is 5.03. The monoisotopic (exact) mass is 238 g/mol. The van der Waals surface area contributed by atoms with E-state index in [1.54, 1.807) is 0 Å². The first-order valence-electron chi connectivity index (χ1n) is 4.47. The number of Topliss-reactive ketones (excluding diaryl/α,β-unsaturated/α-hetero) is 1. The van der Waals surface area contributed by atoms with Gasteiger partial charge in [-0.25, -0.2) is 0 Å². The molecule has 1 unspecified atom stereocenters. The molecule has 14 heavy (non-hydrogen) atoms. The van der Waals surface area contributed by atoms with Crippen molar-refractivity contribution in [2.75, 3.05) is 6.61 Å². The van der Waals surface area contributed by atoms with E-state index < -0.39 is 4.33 Å². The fourth-order valence-corrected chi connectivity index (χ4v) is 1.55. The van der Waals surface area contributed by atoms with Gasteiger partial charge in [0.25, 0.3) is 0 Å². The quantitative estimate of drug-likeness (QED) is 0.419. The van der Waals surface area contributed by atoms with E-state index >= 15 is 0 Å². The minimum atomic E-state index is -0.919. The maximum Gasteiger partial charge on any atom is 0.312 e. The average molecular weight is 239 g/mol. The Balaban J connectivity index is 2.08. The van der Waals surface area contributed by atoms with Crippen LogP contribution in [-0.4, -0.2) is 22.7 Å². The molecule has 1 atom stereocenters. The smallest absolute Gasteiger partial charge is 0.312 e. The minimum Gasteiger partial charge on any atom is -0.465 e. The Morgan fingerprint density at radius 3 is 2.50 bits per heavy atom. The molecule has 0 aromatic rings. The summed E-state index contributed by atoms with van der Waals surface area (Å²) in [5.41, 5.74) is 0. The number of halogens is 2. The van der Waals surface area contributed by atoms with Gasteiger partial charge in [0.1, 0.15) is 10.1 Å². The number of rotatable bonds is 5. The Kier molecular flexibility index (Phi) is 3.78. The second-order valence-electron chi connectivity index (χ2n) is 3.49. The van der Waals surface area contributed by atoms with E-state index in [0.29, 0.717) is 19.3 Å². The molecular formula is C9H12Cl2O3. The molecule has 0 bridgehead atoms. The van der Waals surface area contributed by atoms with Crippen LogP contribution in [0.15, 0.2) is 0 Å². The SMILES string of the molecule is CC(=O)CCCOC(=O)C1CC1(Cl)Cl. The van der Waals surface area contributed by atoms with E-state index in [2.05, 4.69) is 0 Å². The Morgan fingerprint density at radius 2 is 2.07 bits per heavy atom. The molecule has 1 saturated carbocycles. The molecule has 0 spiro atoms. The van der Waals surface area contributed by atoms with Crippen LogP contribution in [0, 0.1) is 5.92 Å². The van der Waals surface area contributed by atoms with Gasteiger partial charge in [0.15, 0.2) is 0 Å². The first-order chi connectivity index (χ1) is 6.43. The molecule has 1 aliphatic carbocycles. The van der Waals surface area contributed by atoms with Crippen LogP contribution in [0.25, 0.3) is 0 Å². The predicted octanol–water partition coefficient (Wildman–Crippen LogP) is 2.09. The summed E-state index contributed by atoms with van der Waals surface area (Å²) in [5.74, 6) is -0.654. The highest BCUT2D eigenvalue weighted by molar-refractivity contribution is 6.52. The number of carbonyl (C=O) groups is 2. The fourth-order valence-electron chi connectivity index (χ4n) is 1.06. The largest absolute Gasteiger partial charge is 0.465 e. The summed E-state index contributed by atoms with van der Waals surface area (Å²) in [6.07, 6.45) is 1.46. The molecule has 80 valence electrons. The van der Waals surface area contributed by atoms with E-state index in [1.165, 1.54) is 6.92 Å². The lowest BCUT2D eigenvalue weighted by atomic mass is 10.2. The van der Waals surface area contributed by atoms with Crippen molar-refractivity contribution >= 4 is 35.0 Å². The van der Waals surface area contributed by atoms with Gasteiger partial charge in [-0.2, -0.15) is 0 Å². The fraction of sp³-hybridized carbons (Fsp3) is 0.778. The van der Waals surface area contributed by atoms with Gasteiger partial charge in [-0.15, -0.1) is 23.2 Å². The van der Waals surface area contributed by atoms with Crippen molar-refractivity contribution in [1.82, 2.24) is 0 Å². The van der Waals surface area contributed by atoms with Crippen LogP contribution in [0.2, 0.25) is 0 Å². The van der Waals surface area contributed by atoms with Gasteiger partial charge >= 0.3 is 5.97 Å². The Hall–Kier alpha value is -0.280. The van der Waals surface area contributed by atoms with Crippen LogP contribution in [0.3, 0.4) is 0 Å². The summed E-state index contributed by atoms with van der Waals surface area (Å²) < 4.78 is 3.97. The van der Waals surface area contributed by atoms with Crippen molar-refractivity contribution in [3.63, 3.8) is 0 Å². The molecule has 0 saturated heterocycles. The third-order valence-electron chi connectivity index (χ3n) is 2.03. The summed E-state index contributed by atoms with van der Waals surface area (Å²) in [6, 6.07) is 0. The van der Waals surface area contributed by atoms with Crippen LogP contribution in [-0.2, 0) is 14.3 Å². The summed E-state index contributed by atoms with van der Waals surface area (Å²) >= 11 is 11.4. The number of carbonyl (C=O) groups excluding carboxylic acids is 2. The van der Waals surface area contributed by atoms with Crippen molar-refractivity contribution in [3.05, 3.63) is 0 Å². The molecule has 0 aliphatic heterocycles. The molecule has 0 heterocycles. The van der Waals surface area contributed by atoms with Gasteiger partial charge in [0, 0.05) is 6.42 Å². The third kappa shape index (κ3) is 3.46. The number of ketones is 1. The van der Waals surface area contributed by atoms with E-state index in [0.717, 1.165) is 0 Å². The molecule has 0 radical (unpaired) electrons. The molecule has 5 heteroatoms. The predicted molar refractivity (Wildman–Crippen MR) is 53.4 cm³/mol. The molecule has 1 fully saturated rings. The highest BCUT2D eigenvalue weighted by Crippen LogP contribution is 2.53. The number of hydrogen-bond acceptors (Lipinski definition) is 3. The highest BCUT2D eigenvalue weighted by atomic mass is 35.5. The van der Waals surface area contributed by atoms with Gasteiger partial charge < -0.3 is 9.53 Å². The van der Waals surface area contributed by atoms with Crippen molar-refractivity contribution < 1.29 is 14.3 Å². The minimum absolute atomic E-state index is 0.0940. The molecule has 0 aromatic carbocycles. The standard InChI is InChI=1S/C9H12Cl2O3/c1-6(12)3-2-4-14-8(13)7-5-9(7,10)11/h7H,2-5H2,1H3. The molecule has 1 rings (SSSR count). The summed E-state index contributed by atoms with van der Waals surface area (Å²) in [4.78, 5) is 21.7. The Bertz CT molecular complexity index is 250. The maximum atomic E-state index is 11.2. The van der Waals surface area contributed by atoms with E-state index in [4.69, 9.17) is 27.9 Å². The van der Waals surface area contributed by atoms with Crippen molar-refractivity contribution in [2.45, 2.75) is 30.5 Å². The summed E-state index contributed by atoms with van der Waals surface area (Å²) in [5, 5.41) is 0. The van der Waals surface area contributed by atoms with Crippen LogP contribution >= 0.6 is 23.2 Å². The van der Waals surface area contributed by atoms with Crippen molar-refractivity contribution in [2.24, 2.45) is 5.92 Å². The molecular weight excluding hydrogens is 227 g/mol. The van der Waals surface area contributed by atoms with Gasteiger partial charge in [-0.1, -0.05) is 0 Å². The van der Waals surface area contributed by atoms with Crippen LogP contribution < -0.4 is 0 Å². The first-order valence-corrected chi connectivity index (χ1v) is 5.23. The Labute approximate surface area is 92.7 Å². The molecule has 1 aliphatic rings. The Morgan fingerprint density at radius 1 is 1.50 bits per heavy atom. The van der Waals surface area contributed by atoms with Crippen LogP contribution in [0.5, 0.6) is 0 Å². The molecule has 0 N–H and O–H groups in total. The van der Waals surface area contributed by atoms with Gasteiger partial charge in [0.2, 0.25) is 0 Å². The average Bonchev–Trinajstić information content (AvgIpc) is 2.68. The number of alkyl halides is 2. The first kappa shape index (κ1) is 11.8. The van der Waals surface area contributed by atoms with E-state index in [-0.39, 0.29) is 24.3 Å². The van der Waals surface area contributed by atoms with Gasteiger partial charge in [0.05, 0.1) is 12.5 Å². The maximum absolute atomic E-state index is 11.2.